The summed E-state index contributed by atoms with van der Waals surface area (Å²) in [5.41, 5.74) is -0.200. The first-order valence-electron chi connectivity index (χ1n) is 6.56. The van der Waals surface area contributed by atoms with E-state index >= 15 is 0 Å². The van der Waals surface area contributed by atoms with Gasteiger partial charge < -0.3 is 9.88 Å². The standard InChI is InChI=1S/C12H16N6O2/c1-17-10(15-16-12(17)20)8-2-6-18(7-3-8)11(19)9-13-4-5-14-9/h4-5,8H,2-3,6-7H2,1H3,(H,13,14)(H,16,20). The number of nitrogens with one attached hydrogen (secondary N) is 2. The third kappa shape index (κ3) is 2.13. The van der Waals surface area contributed by atoms with Crippen molar-refractivity contribution in [1.29, 1.82) is 0 Å². The van der Waals surface area contributed by atoms with E-state index in [4.69, 9.17) is 0 Å². The molecule has 0 saturated carbocycles. The number of hydrogen-bond donors (Lipinski definition) is 2. The van der Waals surface area contributed by atoms with Gasteiger partial charge in [0.05, 0.1) is 0 Å². The quantitative estimate of drug-likeness (QED) is 0.796. The van der Waals surface area contributed by atoms with Gasteiger partial charge in [0.25, 0.3) is 5.91 Å². The summed E-state index contributed by atoms with van der Waals surface area (Å²) in [6.07, 6.45) is 4.80. The number of rotatable bonds is 2. The topological polar surface area (TPSA) is 99.7 Å². The molecule has 0 spiro atoms. The summed E-state index contributed by atoms with van der Waals surface area (Å²) in [6.45, 7) is 1.29. The van der Waals surface area contributed by atoms with Gasteiger partial charge in [-0.2, -0.15) is 5.10 Å². The third-order valence-corrected chi connectivity index (χ3v) is 3.76. The minimum Gasteiger partial charge on any atom is -0.341 e. The van der Waals surface area contributed by atoms with Crippen LogP contribution in [0.5, 0.6) is 0 Å². The summed E-state index contributed by atoms with van der Waals surface area (Å²) < 4.78 is 1.54. The van der Waals surface area contributed by atoms with Crippen molar-refractivity contribution in [3.63, 3.8) is 0 Å². The van der Waals surface area contributed by atoms with Gasteiger partial charge in [-0.25, -0.2) is 14.9 Å². The van der Waals surface area contributed by atoms with Crippen LogP contribution in [0.15, 0.2) is 17.2 Å². The van der Waals surface area contributed by atoms with Crippen molar-refractivity contribution in [2.75, 3.05) is 13.1 Å². The Morgan fingerprint density at radius 2 is 2.15 bits per heavy atom. The maximum atomic E-state index is 12.1. The molecule has 106 valence electrons. The molecule has 1 fully saturated rings. The van der Waals surface area contributed by atoms with Crippen LogP contribution in [0.2, 0.25) is 0 Å². The zero-order valence-electron chi connectivity index (χ0n) is 11.2. The summed E-state index contributed by atoms with van der Waals surface area (Å²) in [4.78, 5) is 32.1. The van der Waals surface area contributed by atoms with Gasteiger partial charge in [-0.3, -0.25) is 9.36 Å². The van der Waals surface area contributed by atoms with Crippen LogP contribution in [0.3, 0.4) is 0 Å². The molecule has 2 aromatic rings. The molecular formula is C12H16N6O2. The second-order valence-electron chi connectivity index (χ2n) is 4.95. The average molecular weight is 276 g/mol. The number of aromatic nitrogens is 5. The number of imidazole rings is 1. The second kappa shape index (κ2) is 4.95. The highest BCUT2D eigenvalue weighted by molar-refractivity contribution is 5.90. The highest BCUT2D eigenvalue weighted by atomic mass is 16.2. The molecule has 20 heavy (non-hydrogen) atoms. The number of piperidine rings is 1. The average Bonchev–Trinajstić information content (AvgIpc) is 3.10. The van der Waals surface area contributed by atoms with Gasteiger partial charge in [0.2, 0.25) is 0 Å². The van der Waals surface area contributed by atoms with E-state index in [1.807, 2.05) is 0 Å². The molecule has 1 saturated heterocycles. The lowest BCUT2D eigenvalue weighted by atomic mass is 9.96. The molecule has 2 aromatic heterocycles. The lowest BCUT2D eigenvalue weighted by Gasteiger charge is -2.30. The Kier molecular flexibility index (Phi) is 3.13. The van der Waals surface area contributed by atoms with Crippen molar-refractivity contribution < 1.29 is 4.79 Å². The highest BCUT2D eigenvalue weighted by Crippen LogP contribution is 2.25. The number of aromatic amines is 2. The maximum Gasteiger partial charge on any atom is 0.343 e. The Morgan fingerprint density at radius 3 is 2.70 bits per heavy atom. The SMILES string of the molecule is Cn1c(C2CCN(C(=O)c3ncc[nH]3)CC2)n[nH]c1=O. The van der Waals surface area contributed by atoms with E-state index in [1.54, 1.807) is 24.3 Å². The van der Waals surface area contributed by atoms with Crippen LogP contribution < -0.4 is 5.69 Å². The fourth-order valence-corrected chi connectivity index (χ4v) is 2.60. The predicted molar refractivity (Wildman–Crippen MR) is 70.3 cm³/mol. The number of carbonyl (C=O) groups is 1. The molecule has 8 heteroatoms. The van der Waals surface area contributed by atoms with Crippen LogP contribution in [0.25, 0.3) is 0 Å². The first-order chi connectivity index (χ1) is 9.66. The second-order valence-corrected chi connectivity index (χ2v) is 4.95. The van der Waals surface area contributed by atoms with E-state index in [2.05, 4.69) is 20.2 Å². The number of nitrogens with zero attached hydrogens (tertiary/aromatic N) is 4. The molecule has 0 aromatic carbocycles. The molecule has 1 aliphatic rings. The van der Waals surface area contributed by atoms with Crippen molar-refractivity contribution >= 4 is 5.91 Å². The number of carbonyl (C=O) groups excluding carboxylic acids is 1. The molecular weight excluding hydrogens is 260 g/mol. The molecule has 0 unspecified atom stereocenters. The smallest absolute Gasteiger partial charge is 0.341 e. The van der Waals surface area contributed by atoms with E-state index in [0.29, 0.717) is 18.9 Å². The molecule has 2 N–H and O–H groups in total. The molecule has 0 bridgehead atoms. The number of likely N-dealkylation sites (tertiary alicyclic amines) is 1. The summed E-state index contributed by atoms with van der Waals surface area (Å²) in [6, 6.07) is 0. The first-order valence-corrected chi connectivity index (χ1v) is 6.56. The molecule has 8 nitrogen and oxygen atoms in total. The Morgan fingerprint density at radius 1 is 1.40 bits per heavy atom. The van der Waals surface area contributed by atoms with Crippen molar-refractivity contribution in [2.45, 2.75) is 18.8 Å². The van der Waals surface area contributed by atoms with Crippen molar-refractivity contribution in [1.82, 2.24) is 29.6 Å². The number of amides is 1. The summed E-state index contributed by atoms with van der Waals surface area (Å²) in [5, 5.41) is 6.51. The summed E-state index contributed by atoms with van der Waals surface area (Å²) in [5.74, 6) is 1.26. The van der Waals surface area contributed by atoms with E-state index in [9.17, 15) is 9.59 Å². The first kappa shape index (κ1) is 12.6. The Hall–Kier alpha value is -2.38. The van der Waals surface area contributed by atoms with Gasteiger partial charge in [0.1, 0.15) is 5.82 Å². The zero-order valence-corrected chi connectivity index (χ0v) is 11.2. The zero-order chi connectivity index (χ0) is 14.1. The normalized spacial score (nSPS) is 16.6. The van der Waals surface area contributed by atoms with Crippen LogP contribution in [0, 0.1) is 0 Å². The molecule has 0 aliphatic carbocycles. The Balaban J connectivity index is 1.67. The van der Waals surface area contributed by atoms with Crippen LogP contribution >= 0.6 is 0 Å². The van der Waals surface area contributed by atoms with E-state index in [0.717, 1.165) is 18.7 Å². The van der Waals surface area contributed by atoms with Crippen LogP contribution in [-0.2, 0) is 7.05 Å². The monoisotopic (exact) mass is 276 g/mol. The van der Waals surface area contributed by atoms with Gasteiger partial charge in [-0.05, 0) is 12.8 Å². The van der Waals surface area contributed by atoms with Gasteiger partial charge in [-0.1, -0.05) is 0 Å². The fraction of sp³-hybridized carbons (Fsp3) is 0.500. The molecule has 3 heterocycles. The summed E-state index contributed by atoms with van der Waals surface area (Å²) >= 11 is 0. The van der Waals surface area contributed by atoms with E-state index < -0.39 is 0 Å². The van der Waals surface area contributed by atoms with Crippen molar-refractivity contribution in [3.05, 3.63) is 34.5 Å². The molecule has 1 amide bonds. The fourth-order valence-electron chi connectivity index (χ4n) is 2.60. The summed E-state index contributed by atoms with van der Waals surface area (Å²) in [7, 11) is 1.71. The van der Waals surface area contributed by atoms with Crippen LogP contribution in [0.1, 0.15) is 35.2 Å². The lowest BCUT2D eigenvalue weighted by Crippen LogP contribution is -2.39. The van der Waals surface area contributed by atoms with Gasteiger partial charge in [-0.15, -0.1) is 0 Å². The number of H-pyrrole nitrogens is 2. The van der Waals surface area contributed by atoms with E-state index in [1.165, 1.54) is 4.57 Å². The lowest BCUT2D eigenvalue weighted by molar-refractivity contribution is 0.0699. The van der Waals surface area contributed by atoms with E-state index in [-0.39, 0.29) is 17.5 Å². The Bertz CT molecular complexity index is 648. The van der Waals surface area contributed by atoms with Gasteiger partial charge >= 0.3 is 5.69 Å². The molecule has 0 atom stereocenters. The van der Waals surface area contributed by atoms with Crippen LogP contribution in [-0.4, -0.2) is 48.6 Å². The minimum absolute atomic E-state index is 0.0793. The largest absolute Gasteiger partial charge is 0.343 e. The Labute approximate surface area is 114 Å². The highest BCUT2D eigenvalue weighted by Gasteiger charge is 2.28. The minimum atomic E-state index is -0.200. The predicted octanol–water partition coefficient (Wildman–Crippen LogP) is -0.149. The maximum absolute atomic E-state index is 12.1. The van der Waals surface area contributed by atoms with Gasteiger partial charge in [0, 0.05) is 38.4 Å². The van der Waals surface area contributed by atoms with Crippen molar-refractivity contribution in [2.24, 2.45) is 7.05 Å². The molecule has 1 aliphatic heterocycles. The van der Waals surface area contributed by atoms with Crippen LogP contribution in [0.4, 0.5) is 0 Å². The molecule has 3 rings (SSSR count). The third-order valence-electron chi connectivity index (χ3n) is 3.76. The van der Waals surface area contributed by atoms with Gasteiger partial charge in [0.15, 0.2) is 5.82 Å². The molecule has 0 radical (unpaired) electrons. The van der Waals surface area contributed by atoms with Crippen molar-refractivity contribution in [3.8, 4) is 0 Å². The number of hydrogen-bond acceptors (Lipinski definition) is 4.